The number of fused-ring (bicyclic) bond motifs is 6. The van der Waals surface area contributed by atoms with Gasteiger partial charge in [0.1, 0.15) is 0 Å². The molecule has 156 valence electrons. The first-order valence-electron chi connectivity index (χ1n) is 10.1. The molecule has 0 atom stereocenters. The summed E-state index contributed by atoms with van der Waals surface area (Å²) in [4.78, 5) is 31.0. The molecule has 0 amide bonds. The molecule has 0 fully saturated rings. The summed E-state index contributed by atoms with van der Waals surface area (Å²) in [6, 6.07) is 12.2. The molecule has 0 bridgehead atoms. The van der Waals surface area contributed by atoms with Gasteiger partial charge in [0.25, 0.3) is 0 Å². The highest BCUT2D eigenvalue weighted by Gasteiger charge is 2.34. The van der Waals surface area contributed by atoms with Crippen LogP contribution in [0.3, 0.4) is 0 Å². The number of hydrogen-bond donors (Lipinski definition) is 0. The summed E-state index contributed by atoms with van der Waals surface area (Å²) in [5, 5.41) is 6.81. The molecule has 0 radical (unpaired) electrons. The van der Waals surface area contributed by atoms with E-state index in [-0.39, 0.29) is 24.4 Å². The van der Waals surface area contributed by atoms with Gasteiger partial charge in [0.15, 0.2) is 11.6 Å². The average molecular weight is 489 g/mol. The van der Waals surface area contributed by atoms with Crippen LogP contribution < -0.4 is 0 Å². The van der Waals surface area contributed by atoms with Gasteiger partial charge in [-0.1, -0.05) is 79.6 Å². The third-order valence-corrected chi connectivity index (χ3v) is 10.9. The molecule has 0 saturated carbocycles. The summed E-state index contributed by atoms with van der Waals surface area (Å²) < 4.78 is 0. The number of carbonyl (C=O) groups excluding carboxylic acids is 2. The van der Waals surface area contributed by atoms with Crippen LogP contribution in [0, 0.1) is 0 Å². The lowest BCUT2D eigenvalue weighted by atomic mass is 9.90. The molecule has 32 heavy (non-hydrogen) atoms. The predicted molar refractivity (Wildman–Crippen MR) is 141 cm³/mol. The van der Waals surface area contributed by atoms with Crippen molar-refractivity contribution >= 4 is 87.1 Å². The van der Waals surface area contributed by atoms with Crippen molar-refractivity contribution in [2.24, 2.45) is 0 Å². The lowest BCUT2D eigenvalue weighted by Gasteiger charge is -2.16. The fourth-order valence-electron chi connectivity index (χ4n) is 4.59. The largest absolute Gasteiger partial charge is 0.294 e. The first kappa shape index (κ1) is 20.5. The van der Waals surface area contributed by atoms with Crippen molar-refractivity contribution in [3.63, 3.8) is 0 Å². The van der Waals surface area contributed by atoms with E-state index in [2.05, 4.69) is 37.4 Å². The van der Waals surface area contributed by atoms with E-state index in [1.54, 1.807) is 55.3 Å². The van der Waals surface area contributed by atoms with E-state index in [0.717, 1.165) is 20.6 Å². The Morgan fingerprint density at radius 2 is 1.03 bits per heavy atom. The zero-order valence-corrected chi connectivity index (χ0v) is 20.2. The molecule has 0 N–H and O–H groups in total. The summed E-state index contributed by atoms with van der Waals surface area (Å²) in [5.74, 6) is 0.0671. The fourth-order valence-corrected chi connectivity index (χ4v) is 10.4. The van der Waals surface area contributed by atoms with Crippen molar-refractivity contribution in [2.75, 3.05) is 0 Å². The van der Waals surface area contributed by atoms with Crippen LogP contribution >= 0.6 is 43.2 Å². The normalized spacial score (nSPS) is 13.9. The van der Waals surface area contributed by atoms with Crippen molar-refractivity contribution in [1.82, 2.24) is 0 Å². The Kier molecular flexibility index (Phi) is 4.95. The number of rotatable bonds is 6. The minimum absolute atomic E-state index is 0.0335. The van der Waals surface area contributed by atoms with Crippen molar-refractivity contribution in [2.45, 2.75) is 32.4 Å². The maximum absolute atomic E-state index is 13.1. The first-order chi connectivity index (χ1) is 15.7. The van der Waals surface area contributed by atoms with E-state index in [1.165, 1.54) is 31.3 Å². The number of ketones is 2. The lowest BCUT2D eigenvalue weighted by Crippen LogP contribution is -2.05. The maximum atomic E-state index is 13.1. The molecular formula is C26H16O2S4. The van der Waals surface area contributed by atoms with Crippen molar-refractivity contribution in [3.8, 4) is 0 Å². The van der Waals surface area contributed by atoms with Gasteiger partial charge in [-0.2, -0.15) is 0 Å². The Hall–Kier alpha value is -2.12. The zero-order valence-electron chi connectivity index (χ0n) is 16.9. The SMILES string of the molecule is C=CCC(=O)c1ccc(C(=O)CC=C)c2c3c4c(c5ccccc5c5c4c(c12)SS5)SS3. The summed E-state index contributed by atoms with van der Waals surface area (Å²) in [5.41, 5.74) is 1.35. The summed E-state index contributed by atoms with van der Waals surface area (Å²) >= 11 is 0. The minimum Gasteiger partial charge on any atom is -0.294 e. The number of Topliss-reactive ketones (excluding diaryl/α,β-unsaturated/α-hetero) is 2. The number of allylic oxidation sites excluding steroid dienone is 2. The molecular weight excluding hydrogens is 473 g/mol. The molecule has 0 aromatic heterocycles. The van der Waals surface area contributed by atoms with Crippen LogP contribution in [-0.4, -0.2) is 11.6 Å². The Morgan fingerprint density at radius 3 is 1.44 bits per heavy atom. The Morgan fingerprint density at radius 1 is 0.625 bits per heavy atom. The molecule has 6 heteroatoms. The van der Waals surface area contributed by atoms with Crippen LogP contribution in [0.2, 0.25) is 0 Å². The van der Waals surface area contributed by atoms with E-state index >= 15 is 0 Å². The minimum atomic E-state index is 0.0335. The molecule has 2 nitrogen and oxygen atoms in total. The monoisotopic (exact) mass is 488 g/mol. The van der Waals surface area contributed by atoms with Crippen LogP contribution in [0.4, 0.5) is 0 Å². The van der Waals surface area contributed by atoms with Crippen molar-refractivity contribution in [1.29, 1.82) is 0 Å². The van der Waals surface area contributed by atoms with E-state index in [0.29, 0.717) is 11.1 Å². The smallest absolute Gasteiger partial charge is 0.167 e. The van der Waals surface area contributed by atoms with Gasteiger partial charge >= 0.3 is 0 Å². The lowest BCUT2D eigenvalue weighted by molar-refractivity contribution is 0.0986. The Labute approximate surface area is 201 Å². The molecule has 4 aromatic rings. The van der Waals surface area contributed by atoms with Gasteiger partial charge < -0.3 is 0 Å². The molecule has 2 aliphatic heterocycles. The second-order valence-electron chi connectivity index (χ2n) is 7.69. The number of carbonyl (C=O) groups is 2. The molecule has 0 saturated heterocycles. The Balaban J connectivity index is 1.86. The second-order valence-corrected chi connectivity index (χ2v) is 12.0. The molecule has 0 unspecified atom stereocenters. The molecule has 2 aliphatic rings. The van der Waals surface area contributed by atoms with Gasteiger partial charge in [-0.3, -0.25) is 9.59 Å². The highest BCUT2D eigenvalue weighted by molar-refractivity contribution is 8.78. The summed E-state index contributed by atoms with van der Waals surface area (Å²) in [7, 11) is 6.94. The van der Waals surface area contributed by atoms with Gasteiger partial charge in [0.05, 0.1) is 0 Å². The Bertz CT molecular complexity index is 1440. The van der Waals surface area contributed by atoms with E-state index in [9.17, 15) is 9.59 Å². The van der Waals surface area contributed by atoms with E-state index in [1.807, 2.05) is 12.1 Å². The maximum Gasteiger partial charge on any atom is 0.167 e. The number of hydrogen-bond acceptors (Lipinski definition) is 6. The van der Waals surface area contributed by atoms with Crippen molar-refractivity contribution in [3.05, 3.63) is 72.8 Å². The molecule has 0 spiro atoms. The molecule has 6 rings (SSSR count). The predicted octanol–water partition coefficient (Wildman–Crippen LogP) is 8.89. The second kappa shape index (κ2) is 7.73. The molecule has 2 heterocycles. The van der Waals surface area contributed by atoms with Crippen LogP contribution in [0.15, 0.2) is 81.3 Å². The average Bonchev–Trinajstić information content (AvgIpc) is 3.43. The molecule has 0 aliphatic carbocycles. The summed E-state index contributed by atoms with van der Waals surface area (Å²) in [6.45, 7) is 7.51. The van der Waals surface area contributed by atoms with Gasteiger partial charge in [-0.15, -0.1) is 13.2 Å². The highest BCUT2D eigenvalue weighted by atomic mass is 33.1. The van der Waals surface area contributed by atoms with Gasteiger partial charge in [-0.05, 0) is 22.9 Å². The van der Waals surface area contributed by atoms with Crippen molar-refractivity contribution < 1.29 is 9.59 Å². The summed E-state index contributed by atoms with van der Waals surface area (Å²) in [6.07, 6.45) is 3.84. The van der Waals surface area contributed by atoms with Gasteiger partial charge in [-0.25, -0.2) is 0 Å². The van der Waals surface area contributed by atoms with Gasteiger partial charge in [0.2, 0.25) is 0 Å². The fraction of sp³-hybridized carbons (Fsp3) is 0.0769. The zero-order chi connectivity index (χ0) is 22.0. The van der Waals surface area contributed by atoms with E-state index in [4.69, 9.17) is 0 Å². The third-order valence-electron chi connectivity index (χ3n) is 5.91. The third kappa shape index (κ3) is 2.73. The molecule has 4 aromatic carbocycles. The van der Waals surface area contributed by atoms with Crippen LogP contribution in [0.1, 0.15) is 33.6 Å². The van der Waals surface area contributed by atoms with Crippen LogP contribution in [0.25, 0.3) is 32.3 Å². The van der Waals surface area contributed by atoms with Gasteiger partial charge in [0, 0.05) is 65.1 Å². The quantitative estimate of drug-likeness (QED) is 0.117. The topological polar surface area (TPSA) is 34.1 Å². The number of benzene rings is 4. The van der Waals surface area contributed by atoms with Crippen LogP contribution in [-0.2, 0) is 0 Å². The standard InChI is InChI=1S/C26H16O2S4/c1-3-7-17(27)15-11-12-16(18(28)8-4-2)20-19(15)25-21-22-24(30-32-26(20)22)14-10-6-5-9-13(14)23(21)29-31-25/h3-6,9-12H,1-2,7-8H2. The van der Waals surface area contributed by atoms with Crippen LogP contribution in [0.5, 0.6) is 0 Å². The highest BCUT2D eigenvalue weighted by Crippen LogP contribution is 2.66. The van der Waals surface area contributed by atoms with E-state index < -0.39 is 0 Å². The first-order valence-corrected chi connectivity index (χ1v) is 14.4.